The highest BCUT2D eigenvalue weighted by Gasteiger charge is 2.41. The molecule has 0 aromatic carbocycles. The van der Waals surface area contributed by atoms with Crippen LogP contribution >= 0.6 is 15.9 Å². The van der Waals surface area contributed by atoms with Gasteiger partial charge in [0.05, 0.1) is 38.6 Å². The van der Waals surface area contributed by atoms with Crippen molar-refractivity contribution in [3.63, 3.8) is 0 Å². The van der Waals surface area contributed by atoms with Crippen molar-refractivity contribution in [3.8, 4) is 0 Å². The number of halogens is 1. The lowest BCUT2D eigenvalue weighted by molar-refractivity contribution is -0.129. The van der Waals surface area contributed by atoms with Gasteiger partial charge in [0.25, 0.3) is 0 Å². The molecule has 3 atom stereocenters. The highest BCUT2D eigenvalue weighted by Crippen LogP contribution is 2.33. The van der Waals surface area contributed by atoms with E-state index in [1.54, 1.807) is 7.11 Å². The average molecular weight is 311 g/mol. The summed E-state index contributed by atoms with van der Waals surface area (Å²) in [5.41, 5.74) is 0. The predicted molar refractivity (Wildman–Crippen MR) is 69.8 cm³/mol. The number of hydrogen-bond donors (Lipinski definition) is 0. The molecule has 0 radical (unpaired) electrons. The lowest BCUT2D eigenvalue weighted by Crippen LogP contribution is -2.51. The zero-order chi connectivity index (χ0) is 12.5. The van der Waals surface area contributed by atoms with Crippen LogP contribution in [0.15, 0.2) is 0 Å². The zero-order valence-electron chi connectivity index (χ0n) is 10.7. The van der Waals surface area contributed by atoms with Gasteiger partial charge in [0.2, 0.25) is 0 Å². The van der Waals surface area contributed by atoms with Crippen molar-refractivity contribution < 1.29 is 18.9 Å². The Kier molecular flexibility index (Phi) is 8.39. The third-order valence-electron chi connectivity index (χ3n) is 2.69. The molecule has 1 saturated carbocycles. The molecule has 0 N–H and O–H groups in total. The van der Waals surface area contributed by atoms with E-state index >= 15 is 0 Å². The second kappa shape index (κ2) is 9.28. The van der Waals surface area contributed by atoms with Crippen LogP contribution in [-0.2, 0) is 18.9 Å². The Morgan fingerprint density at radius 3 is 2.47 bits per heavy atom. The Morgan fingerprint density at radius 2 is 1.82 bits per heavy atom. The maximum atomic E-state index is 5.72. The minimum absolute atomic E-state index is 0.203. The number of rotatable bonds is 10. The minimum atomic E-state index is 0.203. The zero-order valence-corrected chi connectivity index (χ0v) is 12.3. The Hall–Kier alpha value is 0.320. The van der Waals surface area contributed by atoms with Crippen LogP contribution in [0, 0.1) is 0 Å². The molecule has 5 heteroatoms. The SMILES string of the molecule is CCCOC1C(Br)CC1OCCOCCOC. The predicted octanol–water partition coefficient (Wildman–Crippen LogP) is 2.00. The van der Waals surface area contributed by atoms with Gasteiger partial charge in [0.15, 0.2) is 0 Å². The van der Waals surface area contributed by atoms with Crippen LogP contribution < -0.4 is 0 Å². The average Bonchev–Trinajstić information content (AvgIpc) is 2.32. The summed E-state index contributed by atoms with van der Waals surface area (Å²) >= 11 is 3.59. The van der Waals surface area contributed by atoms with Crippen molar-refractivity contribution in [3.05, 3.63) is 0 Å². The number of ether oxygens (including phenoxy) is 4. The largest absolute Gasteiger partial charge is 0.382 e. The van der Waals surface area contributed by atoms with Gasteiger partial charge in [-0.15, -0.1) is 0 Å². The van der Waals surface area contributed by atoms with E-state index in [2.05, 4.69) is 22.9 Å². The smallest absolute Gasteiger partial charge is 0.0962 e. The van der Waals surface area contributed by atoms with Gasteiger partial charge < -0.3 is 18.9 Å². The Bertz CT molecular complexity index is 191. The maximum absolute atomic E-state index is 5.72. The van der Waals surface area contributed by atoms with E-state index in [1.165, 1.54) is 0 Å². The Balaban J connectivity index is 1.99. The van der Waals surface area contributed by atoms with Crippen molar-refractivity contribution in [2.45, 2.75) is 36.8 Å². The monoisotopic (exact) mass is 310 g/mol. The van der Waals surface area contributed by atoms with Gasteiger partial charge >= 0.3 is 0 Å². The number of alkyl halides is 1. The van der Waals surface area contributed by atoms with Gasteiger partial charge in [0.1, 0.15) is 0 Å². The fourth-order valence-corrected chi connectivity index (χ4v) is 2.52. The molecule has 0 aromatic rings. The standard InChI is InChI=1S/C12H23BrO4/c1-3-4-17-12-10(13)9-11(12)16-8-7-15-6-5-14-2/h10-12H,3-9H2,1-2H3. The Morgan fingerprint density at radius 1 is 1.06 bits per heavy atom. The van der Waals surface area contributed by atoms with E-state index < -0.39 is 0 Å². The van der Waals surface area contributed by atoms with E-state index in [9.17, 15) is 0 Å². The second-order valence-corrected chi connectivity index (χ2v) is 5.28. The normalized spacial score (nSPS) is 28.1. The molecule has 0 saturated heterocycles. The van der Waals surface area contributed by atoms with Gasteiger partial charge in [-0.25, -0.2) is 0 Å². The van der Waals surface area contributed by atoms with Crippen molar-refractivity contribution in [1.82, 2.24) is 0 Å². The second-order valence-electron chi connectivity index (χ2n) is 4.10. The Labute approximate surface area is 112 Å². The summed E-state index contributed by atoms with van der Waals surface area (Å²) in [4.78, 5) is 0.438. The molecule has 1 rings (SSSR count). The molecule has 17 heavy (non-hydrogen) atoms. The van der Waals surface area contributed by atoms with Crippen LogP contribution in [0.4, 0.5) is 0 Å². The molecule has 1 fully saturated rings. The minimum Gasteiger partial charge on any atom is -0.382 e. The van der Waals surface area contributed by atoms with Crippen LogP contribution in [0.5, 0.6) is 0 Å². The first-order valence-electron chi connectivity index (χ1n) is 6.23. The summed E-state index contributed by atoms with van der Waals surface area (Å²) in [6, 6.07) is 0. The van der Waals surface area contributed by atoms with Gasteiger partial charge in [-0.1, -0.05) is 22.9 Å². The van der Waals surface area contributed by atoms with Crippen molar-refractivity contribution in [1.29, 1.82) is 0 Å². The molecule has 3 unspecified atom stereocenters. The van der Waals surface area contributed by atoms with Crippen LogP contribution in [0.25, 0.3) is 0 Å². The number of methoxy groups -OCH3 is 1. The topological polar surface area (TPSA) is 36.9 Å². The summed E-state index contributed by atoms with van der Waals surface area (Å²) in [6.45, 7) is 5.42. The fourth-order valence-electron chi connectivity index (χ4n) is 1.66. The molecular weight excluding hydrogens is 288 g/mol. The fraction of sp³-hybridized carbons (Fsp3) is 1.00. The third-order valence-corrected chi connectivity index (χ3v) is 3.58. The van der Waals surface area contributed by atoms with Crippen LogP contribution in [0.2, 0.25) is 0 Å². The first-order chi connectivity index (χ1) is 8.29. The van der Waals surface area contributed by atoms with Gasteiger partial charge in [-0.2, -0.15) is 0 Å². The van der Waals surface area contributed by atoms with E-state index in [0.29, 0.717) is 31.3 Å². The quantitative estimate of drug-likeness (QED) is 0.457. The van der Waals surface area contributed by atoms with E-state index in [1.807, 2.05) is 0 Å². The lowest BCUT2D eigenvalue weighted by Gasteiger charge is -2.40. The molecule has 0 aliphatic heterocycles. The van der Waals surface area contributed by atoms with Crippen LogP contribution in [0.1, 0.15) is 19.8 Å². The molecule has 102 valence electrons. The molecule has 1 aliphatic carbocycles. The lowest BCUT2D eigenvalue weighted by atomic mass is 9.91. The summed E-state index contributed by atoms with van der Waals surface area (Å²) in [6.07, 6.45) is 2.49. The summed E-state index contributed by atoms with van der Waals surface area (Å²) in [7, 11) is 1.67. The first kappa shape index (κ1) is 15.4. The highest BCUT2D eigenvalue weighted by atomic mass is 79.9. The van der Waals surface area contributed by atoms with Crippen LogP contribution in [-0.4, -0.2) is 57.2 Å². The summed E-state index contributed by atoms with van der Waals surface area (Å²) in [5.74, 6) is 0. The van der Waals surface area contributed by atoms with Crippen LogP contribution in [0.3, 0.4) is 0 Å². The van der Waals surface area contributed by atoms with Gasteiger partial charge in [-0.05, 0) is 12.8 Å². The van der Waals surface area contributed by atoms with E-state index in [0.717, 1.165) is 19.4 Å². The molecule has 0 amide bonds. The molecule has 0 bridgehead atoms. The molecule has 4 nitrogen and oxygen atoms in total. The van der Waals surface area contributed by atoms with Gasteiger partial charge in [-0.3, -0.25) is 0 Å². The summed E-state index contributed by atoms with van der Waals surface area (Å²) in [5, 5.41) is 0. The molecular formula is C12H23BrO4. The third kappa shape index (κ3) is 5.66. The van der Waals surface area contributed by atoms with Crippen molar-refractivity contribution in [2.75, 3.05) is 40.1 Å². The maximum Gasteiger partial charge on any atom is 0.0962 e. The first-order valence-corrected chi connectivity index (χ1v) is 7.15. The van der Waals surface area contributed by atoms with E-state index in [4.69, 9.17) is 18.9 Å². The molecule has 0 aromatic heterocycles. The number of hydrogen-bond acceptors (Lipinski definition) is 4. The summed E-state index contributed by atoms with van der Waals surface area (Å²) < 4.78 is 21.7. The molecule has 0 heterocycles. The van der Waals surface area contributed by atoms with Gasteiger partial charge in [0, 0.05) is 18.5 Å². The molecule has 0 spiro atoms. The van der Waals surface area contributed by atoms with E-state index in [-0.39, 0.29) is 12.2 Å². The van der Waals surface area contributed by atoms with Crippen molar-refractivity contribution in [2.24, 2.45) is 0 Å². The molecule has 1 aliphatic rings. The highest BCUT2D eigenvalue weighted by molar-refractivity contribution is 9.09. The van der Waals surface area contributed by atoms with Crippen molar-refractivity contribution >= 4 is 15.9 Å².